The van der Waals surface area contributed by atoms with Crippen molar-refractivity contribution in [1.29, 1.82) is 0 Å². The van der Waals surface area contributed by atoms with Gasteiger partial charge < -0.3 is 10.2 Å². The second-order valence-electron chi connectivity index (χ2n) is 11.7. The van der Waals surface area contributed by atoms with Crippen molar-refractivity contribution in [3.8, 4) is 0 Å². The van der Waals surface area contributed by atoms with Crippen LogP contribution in [0, 0.1) is 6.92 Å². The molecule has 1 unspecified atom stereocenters. The van der Waals surface area contributed by atoms with Gasteiger partial charge in [-0.05, 0) is 55.2 Å². The van der Waals surface area contributed by atoms with Crippen molar-refractivity contribution in [3.63, 3.8) is 0 Å². The minimum absolute atomic E-state index is 0.0553. The van der Waals surface area contributed by atoms with Gasteiger partial charge in [-0.25, -0.2) is 8.42 Å². The Labute approximate surface area is 266 Å². The highest BCUT2D eigenvalue weighted by Crippen LogP contribution is 2.25. The fourth-order valence-corrected chi connectivity index (χ4v) is 7.38. The summed E-state index contributed by atoms with van der Waals surface area (Å²) in [5.41, 5.74) is 3.18. The largest absolute Gasteiger partial charge is 0.352 e. The summed E-state index contributed by atoms with van der Waals surface area (Å²) in [5, 5.41) is 3.25. The summed E-state index contributed by atoms with van der Waals surface area (Å²) in [4.78, 5) is 30.4. The lowest BCUT2D eigenvalue weighted by atomic mass is 9.94. The summed E-state index contributed by atoms with van der Waals surface area (Å²) in [6, 6.07) is 33.5. The first-order chi connectivity index (χ1) is 21.8. The third-order valence-corrected chi connectivity index (χ3v) is 10.1. The quantitative estimate of drug-likeness (QED) is 0.201. The van der Waals surface area contributed by atoms with E-state index in [0.29, 0.717) is 12.1 Å². The second kappa shape index (κ2) is 15.0. The molecular weight excluding hydrogens is 582 g/mol. The number of hydrogen-bond acceptors (Lipinski definition) is 4. The summed E-state index contributed by atoms with van der Waals surface area (Å²) >= 11 is 0. The molecule has 0 aliphatic heterocycles. The first kappa shape index (κ1) is 32.0. The van der Waals surface area contributed by atoms with Crippen LogP contribution < -0.4 is 9.62 Å². The number of benzene rings is 4. The van der Waals surface area contributed by atoms with Gasteiger partial charge in [0.15, 0.2) is 0 Å². The van der Waals surface area contributed by atoms with Crippen LogP contribution in [0.3, 0.4) is 0 Å². The monoisotopic (exact) mass is 623 g/mol. The third-order valence-electron chi connectivity index (χ3n) is 8.31. The SMILES string of the molecule is Cc1cccc(CN(C(=O)CN(c2ccccc2)S(=O)(=O)c2ccccc2)C(Cc2ccccc2)C(=O)NC2CCCCC2)c1. The molecule has 1 N–H and O–H groups in total. The molecule has 234 valence electrons. The first-order valence-electron chi connectivity index (χ1n) is 15.6. The normalized spacial score (nSPS) is 14.3. The summed E-state index contributed by atoms with van der Waals surface area (Å²) in [5.74, 6) is -0.677. The van der Waals surface area contributed by atoms with Gasteiger partial charge in [0.25, 0.3) is 10.0 Å². The van der Waals surface area contributed by atoms with Gasteiger partial charge in [0.05, 0.1) is 10.6 Å². The number of amides is 2. The molecule has 0 saturated heterocycles. The molecule has 5 rings (SSSR count). The number of nitrogens with one attached hydrogen (secondary N) is 1. The lowest BCUT2D eigenvalue weighted by molar-refractivity contribution is -0.140. The molecule has 7 nitrogen and oxygen atoms in total. The van der Waals surface area contributed by atoms with E-state index < -0.39 is 28.5 Å². The topological polar surface area (TPSA) is 86.8 Å². The molecule has 1 aliphatic carbocycles. The zero-order valence-corrected chi connectivity index (χ0v) is 26.5. The molecule has 45 heavy (non-hydrogen) atoms. The van der Waals surface area contributed by atoms with Gasteiger partial charge in [-0.1, -0.05) is 116 Å². The van der Waals surface area contributed by atoms with Crippen LogP contribution in [0.5, 0.6) is 0 Å². The van der Waals surface area contributed by atoms with Crippen molar-refractivity contribution in [1.82, 2.24) is 10.2 Å². The highest BCUT2D eigenvalue weighted by Gasteiger charge is 2.35. The van der Waals surface area contributed by atoms with E-state index >= 15 is 0 Å². The number of carbonyl (C=O) groups excluding carboxylic acids is 2. The maximum atomic E-state index is 14.6. The first-order valence-corrected chi connectivity index (χ1v) is 17.1. The van der Waals surface area contributed by atoms with Gasteiger partial charge in [0, 0.05) is 19.0 Å². The molecule has 1 atom stereocenters. The predicted octanol–water partition coefficient (Wildman–Crippen LogP) is 6.28. The number of anilines is 1. The molecule has 4 aromatic carbocycles. The molecule has 1 saturated carbocycles. The van der Waals surface area contributed by atoms with Crippen molar-refractivity contribution in [2.45, 2.75) is 69.0 Å². The van der Waals surface area contributed by atoms with Gasteiger partial charge in [0.2, 0.25) is 11.8 Å². The van der Waals surface area contributed by atoms with E-state index in [-0.39, 0.29) is 23.4 Å². The molecule has 1 aliphatic rings. The molecule has 0 bridgehead atoms. The van der Waals surface area contributed by atoms with Crippen molar-refractivity contribution < 1.29 is 18.0 Å². The van der Waals surface area contributed by atoms with E-state index in [1.54, 1.807) is 53.4 Å². The molecular formula is C37H41N3O4S. The third kappa shape index (κ3) is 8.39. The number of para-hydroxylation sites is 1. The fourth-order valence-electron chi connectivity index (χ4n) is 5.95. The van der Waals surface area contributed by atoms with Gasteiger partial charge in [-0.3, -0.25) is 13.9 Å². The van der Waals surface area contributed by atoms with Crippen LogP contribution in [-0.2, 0) is 32.6 Å². The molecule has 0 spiro atoms. The van der Waals surface area contributed by atoms with Crippen molar-refractivity contribution >= 4 is 27.5 Å². The van der Waals surface area contributed by atoms with Crippen LogP contribution in [0.25, 0.3) is 0 Å². The Morgan fingerprint density at radius 1 is 0.778 bits per heavy atom. The highest BCUT2D eigenvalue weighted by atomic mass is 32.2. The number of nitrogens with zero attached hydrogens (tertiary/aromatic N) is 2. The summed E-state index contributed by atoms with van der Waals surface area (Å²) in [7, 11) is -4.10. The minimum atomic E-state index is -4.10. The van der Waals surface area contributed by atoms with Crippen molar-refractivity contribution in [2.24, 2.45) is 0 Å². The lowest BCUT2D eigenvalue weighted by Crippen LogP contribution is -2.55. The highest BCUT2D eigenvalue weighted by molar-refractivity contribution is 7.92. The molecule has 0 heterocycles. The Balaban J connectivity index is 1.54. The van der Waals surface area contributed by atoms with Crippen LogP contribution in [0.15, 0.2) is 120 Å². The smallest absolute Gasteiger partial charge is 0.264 e. The predicted molar refractivity (Wildman–Crippen MR) is 178 cm³/mol. The number of rotatable bonds is 12. The van der Waals surface area contributed by atoms with Crippen LogP contribution in [0.4, 0.5) is 5.69 Å². The Morgan fingerprint density at radius 3 is 2.02 bits per heavy atom. The molecule has 2 amide bonds. The lowest BCUT2D eigenvalue weighted by Gasteiger charge is -2.35. The molecule has 4 aromatic rings. The Morgan fingerprint density at radius 2 is 1.38 bits per heavy atom. The number of sulfonamides is 1. The summed E-state index contributed by atoms with van der Waals surface area (Å²) in [6.45, 7) is 1.68. The summed E-state index contributed by atoms with van der Waals surface area (Å²) < 4.78 is 29.2. The molecule has 0 radical (unpaired) electrons. The van der Waals surface area contributed by atoms with Gasteiger partial charge >= 0.3 is 0 Å². The van der Waals surface area contributed by atoms with Crippen LogP contribution in [0.2, 0.25) is 0 Å². The van der Waals surface area contributed by atoms with E-state index in [0.717, 1.165) is 53.1 Å². The number of carbonyl (C=O) groups is 2. The number of aryl methyl sites for hydroxylation is 1. The number of hydrogen-bond donors (Lipinski definition) is 1. The Bertz CT molecular complexity index is 1660. The molecule has 8 heteroatoms. The maximum Gasteiger partial charge on any atom is 0.264 e. The fraction of sp³-hybridized carbons (Fsp3) is 0.297. The zero-order valence-electron chi connectivity index (χ0n) is 25.7. The average Bonchev–Trinajstić information content (AvgIpc) is 3.07. The zero-order chi connectivity index (χ0) is 31.6. The van der Waals surface area contributed by atoms with E-state index in [2.05, 4.69) is 5.32 Å². The Hall–Kier alpha value is -4.43. The van der Waals surface area contributed by atoms with Crippen molar-refractivity contribution in [3.05, 3.63) is 132 Å². The van der Waals surface area contributed by atoms with Crippen LogP contribution in [0.1, 0.15) is 48.8 Å². The summed E-state index contributed by atoms with van der Waals surface area (Å²) in [6.07, 6.45) is 5.39. The van der Waals surface area contributed by atoms with E-state index in [1.807, 2.05) is 61.5 Å². The minimum Gasteiger partial charge on any atom is -0.352 e. The standard InChI is InChI=1S/C37H41N3O4S/c1-29-15-14-18-31(25-29)27-39(35(26-30-16-6-2-7-17-30)37(42)38-32-19-8-3-9-20-32)36(41)28-40(33-21-10-4-11-22-33)45(43,44)34-23-12-5-13-24-34/h2,4-7,10-18,21-25,32,35H,3,8-9,19-20,26-28H2,1H3,(H,38,42). The molecule has 0 aromatic heterocycles. The van der Waals surface area contributed by atoms with Crippen LogP contribution in [-0.4, -0.2) is 43.8 Å². The second-order valence-corrected chi connectivity index (χ2v) is 13.6. The van der Waals surface area contributed by atoms with E-state index in [9.17, 15) is 18.0 Å². The van der Waals surface area contributed by atoms with E-state index in [1.165, 1.54) is 12.1 Å². The average molecular weight is 624 g/mol. The van der Waals surface area contributed by atoms with Gasteiger partial charge in [-0.15, -0.1) is 0 Å². The maximum absolute atomic E-state index is 14.6. The van der Waals surface area contributed by atoms with Gasteiger partial charge in [-0.2, -0.15) is 0 Å². The van der Waals surface area contributed by atoms with Crippen molar-refractivity contribution in [2.75, 3.05) is 10.8 Å². The van der Waals surface area contributed by atoms with E-state index in [4.69, 9.17) is 0 Å². The van der Waals surface area contributed by atoms with Crippen LogP contribution >= 0.6 is 0 Å². The molecule has 1 fully saturated rings. The Kier molecular flexibility index (Phi) is 10.7. The van der Waals surface area contributed by atoms with Gasteiger partial charge in [0.1, 0.15) is 12.6 Å².